The number of benzene rings is 1. The van der Waals surface area contributed by atoms with Gasteiger partial charge in [-0.05, 0) is 48.3 Å². The van der Waals surface area contributed by atoms with Crippen molar-refractivity contribution in [2.75, 3.05) is 20.3 Å². The third-order valence-corrected chi connectivity index (χ3v) is 5.53. The zero-order valence-electron chi connectivity index (χ0n) is 16.3. The Morgan fingerprint density at radius 1 is 1.12 bits per heavy atom. The number of hydrogen-bond donors (Lipinski definition) is 2. The van der Waals surface area contributed by atoms with E-state index in [4.69, 9.17) is 4.74 Å². The molecule has 0 aliphatic heterocycles. The SMILES string of the molecule is COc1ccc(C(CC(C)C)NCC(CO)CC2CCCCC2)cc1. The molecule has 1 aliphatic carbocycles. The van der Waals surface area contributed by atoms with Crippen LogP contribution >= 0.6 is 0 Å². The molecule has 25 heavy (non-hydrogen) atoms. The van der Waals surface area contributed by atoms with Crippen molar-refractivity contribution in [2.24, 2.45) is 17.8 Å². The van der Waals surface area contributed by atoms with Crippen molar-refractivity contribution in [2.45, 2.75) is 64.8 Å². The van der Waals surface area contributed by atoms with Crippen LogP contribution in [-0.4, -0.2) is 25.4 Å². The van der Waals surface area contributed by atoms with Crippen LogP contribution in [0.2, 0.25) is 0 Å². The van der Waals surface area contributed by atoms with Crippen LogP contribution in [0.3, 0.4) is 0 Å². The first-order chi connectivity index (χ1) is 12.1. The topological polar surface area (TPSA) is 41.5 Å². The zero-order chi connectivity index (χ0) is 18.1. The number of methoxy groups -OCH3 is 1. The van der Waals surface area contributed by atoms with E-state index in [1.165, 1.54) is 44.1 Å². The molecule has 0 aromatic heterocycles. The minimum atomic E-state index is 0.292. The third-order valence-electron chi connectivity index (χ3n) is 5.53. The Bertz CT molecular complexity index is 465. The van der Waals surface area contributed by atoms with Gasteiger partial charge < -0.3 is 15.2 Å². The largest absolute Gasteiger partial charge is 0.497 e. The van der Waals surface area contributed by atoms with E-state index in [9.17, 15) is 5.11 Å². The minimum Gasteiger partial charge on any atom is -0.497 e. The van der Waals surface area contributed by atoms with Crippen LogP contribution in [0.1, 0.15) is 70.4 Å². The first kappa shape index (κ1) is 20.3. The summed E-state index contributed by atoms with van der Waals surface area (Å²) < 4.78 is 5.28. The van der Waals surface area contributed by atoms with Gasteiger partial charge in [0.05, 0.1) is 7.11 Å². The first-order valence-corrected chi connectivity index (χ1v) is 10.1. The van der Waals surface area contributed by atoms with E-state index in [1.54, 1.807) is 7.11 Å². The van der Waals surface area contributed by atoms with E-state index in [0.29, 0.717) is 24.5 Å². The predicted octanol–water partition coefficient (Wildman–Crippen LogP) is 4.95. The van der Waals surface area contributed by atoms with Crippen molar-refractivity contribution < 1.29 is 9.84 Å². The number of rotatable bonds is 10. The Hall–Kier alpha value is -1.06. The normalized spacial score (nSPS) is 18.3. The summed E-state index contributed by atoms with van der Waals surface area (Å²) in [6.07, 6.45) is 9.12. The highest BCUT2D eigenvalue weighted by Gasteiger charge is 2.20. The molecule has 142 valence electrons. The maximum atomic E-state index is 9.83. The summed E-state index contributed by atoms with van der Waals surface area (Å²) in [5.74, 6) is 2.72. The summed E-state index contributed by atoms with van der Waals surface area (Å²) in [7, 11) is 1.70. The lowest BCUT2D eigenvalue weighted by molar-refractivity contribution is 0.178. The van der Waals surface area contributed by atoms with Crippen LogP contribution in [0.5, 0.6) is 5.75 Å². The van der Waals surface area contributed by atoms with Crippen molar-refractivity contribution in [3.63, 3.8) is 0 Å². The number of hydrogen-bond acceptors (Lipinski definition) is 3. The Labute approximate surface area is 154 Å². The van der Waals surface area contributed by atoms with Crippen molar-refractivity contribution in [1.29, 1.82) is 0 Å². The minimum absolute atomic E-state index is 0.292. The van der Waals surface area contributed by atoms with Gasteiger partial charge in [-0.25, -0.2) is 0 Å². The Kier molecular flexibility index (Phi) is 8.77. The highest BCUT2D eigenvalue weighted by Crippen LogP contribution is 2.29. The van der Waals surface area contributed by atoms with Gasteiger partial charge in [-0.2, -0.15) is 0 Å². The number of aliphatic hydroxyl groups is 1. The molecule has 1 aliphatic rings. The van der Waals surface area contributed by atoms with E-state index in [1.807, 2.05) is 12.1 Å². The first-order valence-electron chi connectivity index (χ1n) is 10.1. The highest BCUT2D eigenvalue weighted by atomic mass is 16.5. The molecule has 0 amide bonds. The fraction of sp³-hybridized carbons (Fsp3) is 0.727. The van der Waals surface area contributed by atoms with Crippen molar-refractivity contribution >= 4 is 0 Å². The van der Waals surface area contributed by atoms with E-state index >= 15 is 0 Å². The lowest BCUT2D eigenvalue weighted by atomic mass is 9.83. The third kappa shape index (κ3) is 6.99. The van der Waals surface area contributed by atoms with E-state index in [2.05, 4.69) is 31.3 Å². The average Bonchev–Trinajstić information content (AvgIpc) is 2.64. The molecule has 2 N–H and O–H groups in total. The maximum Gasteiger partial charge on any atom is 0.118 e. The molecule has 3 nitrogen and oxygen atoms in total. The van der Waals surface area contributed by atoms with Crippen LogP contribution in [0.15, 0.2) is 24.3 Å². The van der Waals surface area contributed by atoms with Gasteiger partial charge >= 0.3 is 0 Å². The van der Waals surface area contributed by atoms with Crippen LogP contribution in [0, 0.1) is 17.8 Å². The molecular weight excluding hydrogens is 310 g/mol. The average molecular weight is 348 g/mol. The summed E-state index contributed by atoms with van der Waals surface area (Å²) in [5.41, 5.74) is 1.31. The van der Waals surface area contributed by atoms with Gasteiger partial charge in [0.2, 0.25) is 0 Å². The fourth-order valence-electron chi connectivity index (χ4n) is 4.07. The molecule has 1 fully saturated rings. The summed E-state index contributed by atoms with van der Waals surface area (Å²) in [5, 5.41) is 13.6. The number of aliphatic hydroxyl groups excluding tert-OH is 1. The molecular formula is C22H37NO2. The highest BCUT2D eigenvalue weighted by molar-refractivity contribution is 5.29. The molecule has 2 unspecified atom stereocenters. The molecule has 0 spiro atoms. The van der Waals surface area contributed by atoms with Gasteiger partial charge in [-0.1, -0.05) is 58.1 Å². The smallest absolute Gasteiger partial charge is 0.118 e. The predicted molar refractivity (Wildman–Crippen MR) is 105 cm³/mol. The lowest BCUT2D eigenvalue weighted by Crippen LogP contribution is -2.31. The van der Waals surface area contributed by atoms with Gasteiger partial charge in [0, 0.05) is 19.2 Å². The second-order valence-corrected chi connectivity index (χ2v) is 8.15. The van der Waals surface area contributed by atoms with E-state index < -0.39 is 0 Å². The van der Waals surface area contributed by atoms with Crippen LogP contribution in [0.25, 0.3) is 0 Å². The second-order valence-electron chi connectivity index (χ2n) is 8.15. The van der Waals surface area contributed by atoms with Crippen molar-refractivity contribution in [1.82, 2.24) is 5.32 Å². The quantitative estimate of drug-likeness (QED) is 0.629. The molecule has 0 radical (unpaired) electrons. The lowest BCUT2D eigenvalue weighted by Gasteiger charge is -2.28. The van der Waals surface area contributed by atoms with Gasteiger partial charge in [0.25, 0.3) is 0 Å². The molecule has 0 bridgehead atoms. The molecule has 1 aromatic rings. The maximum absolute atomic E-state index is 9.83. The molecule has 1 saturated carbocycles. The molecule has 0 saturated heterocycles. The zero-order valence-corrected chi connectivity index (χ0v) is 16.3. The number of ether oxygens (including phenoxy) is 1. The molecule has 0 heterocycles. The Balaban J connectivity index is 1.92. The van der Waals surface area contributed by atoms with E-state index in [-0.39, 0.29) is 0 Å². The van der Waals surface area contributed by atoms with Crippen LogP contribution < -0.4 is 10.1 Å². The molecule has 2 atom stereocenters. The monoisotopic (exact) mass is 347 g/mol. The van der Waals surface area contributed by atoms with Gasteiger partial charge in [0.15, 0.2) is 0 Å². The van der Waals surface area contributed by atoms with Crippen LogP contribution in [-0.2, 0) is 0 Å². The van der Waals surface area contributed by atoms with Crippen molar-refractivity contribution in [3.8, 4) is 5.75 Å². The van der Waals surface area contributed by atoms with Gasteiger partial charge in [0.1, 0.15) is 5.75 Å². The summed E-state index contributed by atoms with van der Waals surface area (Å²) in [6.45, 7) is 5.73. The molecule has 2 rings (SSSR count). The van der Waals surface area contributed by atoms with Gasteiger partial charge in [-0.15, -0.1) is 0 Å². The van der Waals surface area contributed by atoms with Gasteiger partial charge in [-0.3, -0.25) is 0 Å². The molecule has 3 heteroatoms. The second kappa shape index (κ2) is 10.8. The Morgan fingerprint density at radius 2 is 1.80 bits per heavy atom. The molecule has 1 aromatic carbocycles. The van der Waals surface area contributed by atoms with Crippen LogP contribution in [0.4, 0.5) is 0 Å². The standard InChI is InChI=1S/C22H37NO2/c1-17(2)13-22(20-9-11-21(25-3)12-10-20)23-15-19(16-24)14-18-7-5-4-6-8-18/h9-12,17-19,22-24H,4-8,13-16H2,1-3H3. The number of nitrogens with one attached hydrogen (secondary N) is 1. The fourth-order valence-corrected chi connectivity index (χ4v) is 4.07. The van der Waals surface area contributed by atoms with E-state index in [0.717, 1.165) is 24.6 Å². The summed E-state index contributed by atoms with van der Waals surface area (Å²) in [4.78, 5) is 0. The summed E-state index contributed by atoms with van der Waals surface area (Å²) >= 11 is 0. The van der Waals surface area contributed by atoms with Crippen molar-refractivity contribution in [3.05, 3.63) is 29.8 Å². The summed E-state index contributed by atoms with van der Waals surface area (Å²) in [6, 6.07) is 8.74. The Morgan fingerprint density at radius 3 is 2.36 bits per heavy atom.